The number of benzene rings is 2. The van der Waals surface area contributed by atoms with Gasteiger partial charge in [0.15, 0.2) is 11.0 Å². The summed E-state index contributed by atoms with van der Waals surface area (Å²) in [6.07, 6.45) is 0.179. The zero-order valence-corrected chi connectivity index (χ0v) is 26.7. The molecule has 0 aliphatic heterocycles. The molecule has 4 aromatic rings. The van der Waals surface area contributed by atoms with E-state index < -0.39 is 28.9 Å². The van der Waals surface area contributed by atoms with Crippen LogP contribution in [0.3, 0.4) is 0 Å². The van der Waals surface area contributed by atoms with Crippen molar-refractivity contribution in [3.8, 4) is 5.69 Å². The first-order valence-corrected chi connectivity index (χ1v) is 15.8. The molecule has 0 bridgehead atoms. The van der Waals surface area contributed by atoms with Crippen molar-refractivity contribution in [2.24, 2.45) is 0 Å². The third-order valence-electron chi connectivity index (χ3n) is 6.41. The Morgan fingerprint density at radius 3 is 2.31 bits per heavy atom. The molecule has 2 heterocycles. The third-order valence-corrected chi connectivity index (χ3v) is 8.64. The van der Waals surface area contributed by atoms with Crippen LogP contribution in [0.5, 0.6) is 0 Å². The Hall–Kier alpha value is -4.56. The number of thioether (sulfide) groups is 1. The highest BCUT2D eigenvalue weighted by molar-refractivity contribution is 8.00. The lowest BCUT2D eigenvalue weighted by Crippen LogP contribution is -2.26. The number of nitrogens with zero attached hydrogens (tertiary/aromatic N) is 3. The van der Waals surface area contributed by atoms with E-state index in [4.69, 9.17) is 9.47 Å². The molecule has 0 aliphatic rings. The number of nitrogens with one attached hydrogen (secondary N) is 2. The Bertz CT molecular complexity index is 1670. The van der Waals surface area contributed by atoms with E-state index in [1.807, 2.05) is 30.3 Å². The van der Waals surface area contributed by atoms with Gasteiger partial charge in [0.05, 0.1) is 37.0 Å². The highest BCUT2D eigenvalue weighted by Gasteiger charge is 2.29. The van der Waals surface area contributed by atoms with Crippen LogP contribution in [0.4, 0.5) is 9.39 Å². The fraction of sp³-hybridized carbons (Fsp3) is 0.290. The molecule has 2 N–H and O–H groups in total. The second-order valence-electron chi connectivity index (χ2n) is 9.60. The zero-order chi connectivity index (χ0) is 32.5. The van der Waals surface area contributed by atoms with Gasteiger partial charge in [-0.05, 0) is 63.1 Å². The second-order valence-corrected chi connectivity index (χ2v) is 11.9. The van der Waals surface area contributed by atoms with Gasteiger partial charge in [-0.15, -0.1) is 21.5 Å². The maximum absolute atomic E-state index is 13.8. The first kappa shape index (κ1) is 33.3. The largest absolute Gasteiger partial charge is 0.462 e. The van der Waals surface area contributed by atoms with Gasteiger partial charge >= 0.3 is 11.9 Å². The summed E-state index contributed by atoms with van der Waals surface area (Å²) in [5.74, 6) is -2.04. The minimum absolute atomic E-state index is 0.0329. The number of carbonyl (C=O) groups excluding carboxylic acids is 4. The quantitative estimate of drug-likeness (QED) is 0.149. The smallest absolute Gasteiger partial charge is 0.348 e. The van der Waals surface area contributed by atoms with Gasteiger partial charge in [0.25, 0.3) is 0 Å². The molecular formula is C31H32FN5O6S2. The summed E-state index contributed by atoms with van der Waals surface area (Å²) in [4.78, 5) is 51.5. The number of ether oxygens (including phenoxy) is 2. The summed E-state index contributed by atoms with van der Waals surface area (Å²) in [5.41, 5.74) is 1.81. The Balaban J connectivity index is 1.55. The number of anilines is 1. The maximum Gasteiger partial charge on any atom is 0.348 e. The van der Waals surface area contributed by atoms with Crippen molar-refractivity contribution < 1.29 is 33.0 Å². The summed E-state index contributed by atoms with van der Waals surface area (Å²) in [5, 5.41) is 13.8. The van der Waals surface area contributed by atoms with E-state index in [0.29, 0.717) is 22.2 Å². The minimum Gasteiger partial charge on any atom is -0.462 e. The number of aromatic nitrogens is 3. The summed E-state index contributed by atoms with van der Waals surface area (Å²) in [6, 6.07) is 14.9. The molecule has 4 rings (SSSR count). The highest BCUT2D eigenvalue weighted by atomic mass is 32.2. The van der Waals surface area contributed by atoms with Crippen molar-refractivity contribution in [1.29, 1.82) is 0 Å². The number of carbonyl (C=O) groups is 4. The molecule has 1 unspecified atom stereocenters. The molecular weight excluding hydrogens is 622 g/mol. The van der Waals surface area contributed by atoms with Gasteiger partial charge in [0, 0.05) is 5.69 Å². The SMILES string of the molecule is CCOC(=O)c1sc(NC(=O)C(C)Sc2nnc(CNC(=O)Cc3ccccc3)n2-c2ccc(F)cc2)c(C(=O)OCC)c1C. The molecule has 236 valence electrons. The zero-order valence-electron chi connectivity index (χ0n) is 25.1. The summed E-state index contributed by atoms with van der Waals surface area (Å²) < 4.78 is 25.7. The first-order valence-electron chi connectivity index (χ1n) is 14.1. The molecule has 2 aromatic carbocycles. The predicted octanol–water partition coefficient (Wildman–Crippen LogP) is 5.11. The second kappa shape index (κ2) is 15.4. The number of amides is 2. The molecule has 0 radical (unpaired) electrons. The Kier molecular flexibility index (Phi) is 11.4. The molecule has 14 heteroatoms. The number of esters is 2. The fourth-order valence-corrected chi connectivity index (χ4v) is 6.21. The number of hydrogen-bond acceptors (Lipinski definition) is 10. The monoisotopic (exact) mass is 653 g/mol. The van der Waals surface area contributed by atoms with E-state index in [2.05, 4.69) is 20.8 Å². The molecule has 2 aromatic heterocycles. The van der Waals surface area contributed by atoms with Gasteiger partial charge in [-0.2, -0.15) is 0 Å². The van der Waals surface area contributed by atoms with E-state index in [1.165, 1.54) is 12.1 Å². The van der Waals surface area contributed by atoms with E-state index >= 15 is 0 Å². The molecule has 45 heavy (non-hydrogen) atoms. The molecule has 0 aliphatic carbocycles. The van der Waals surface area contributed by atoms with Crippen LogP contribution in [0, 0.1) is 12.7 Å². The van der Waals surface area contributed by atoms with Crippen molar-refractivity contribution in [2.45, 2.75) is 51.1 Å². The molecule has 0 saturated heterocycles. The van der Waals surface area contributed by atoms with Crippen LogP contribution in [0.2, 0.25) is 0 Å². The van der Waals surface area contributed by atoms with Crippen LogP contribution >= 0.6 is 23.1 Å². The van der Waals surface area contributed by atoms with Crippen LogP contribution in [-0.4, -0.2) is 57.0 Å². The van der Waals surface area contributed by atoms with Crippen LogP contribution in [-0.2, 0) is 32.0 Å². The first-order chi connectivity index (χ1) is 21.6. The van der Waals surface area contributed by atoms with E-state index in [0.717, 1.165) is 28.7 Å². The van der Waals surface area contributed by atoms with E-state index in [9.17, 15) is 23.6 Å². The molecule has 1 atom stereocenters. The number of halogens is 1. The number of rotatable bonds is 13. The van der Waals surface area contributed by atoms with Crippen molar-refractivity contribution in [3.63, 3.8) is 0 Å². The third kappa shape index (κ3) is 8.34. The summed E-state index contributed by atoms with van der Waals surface area (Å²) in [6.45, 7) is 6.85. The van der Waals surface area contributed by atoms with Crippen molar-refractivity contribution in [3.05, 3.63) is 87.8 Å². The summed E-state index contributed by atoms with van der Waals surface area (Å²) >= 11 is 2.00. The average Bonchev–Trinajstić information content (AvgIpc) is 3.57. The lowest BCUT2D eigenvalue weighted by Gasteiger charge is -2.14. The van der Waals surface area contributed by atoms with Crippen molar-refractivity contribution in [1.82, 2.24) is 20.1 Å². The van der Waals surface area contributed by atoms with Gasteiger partial charge in [0.1, 0.15) is 15.7 Å². The van der Waals surface area contributed by atoms with Gasteiger partial charge < -0.3 is 20.1 Å². The van der Waals surface area contributed by atoms with Crippen LogP contribution < -0.4 is 10.6 Å². The fourth-order valence-electron chi connectivity index (χ4n) is 4.23. The minimum atomic E-state index is -0.766. The standard InChI is InChI=1S/C31H32FN5O6S2/c1-5-42-29(40)25-18(3)26(30(41)43-6-2)45-28(25)34-27(39)19(4)44-31-36-35-23(37(31)22-14-12-21(32)13-15-22)17-33-24(38)16-20-10-8-7-9-11-20/h7-15,19H,5-6,16-17H2,1-4H3,(H,33,38)(H,34,39). The average molecular weight is 654 g/mol. The van der Waals surface area contributed by atoms with Crippen molar-refractivity contribution >= 4 is 51.9 Å². The number of hydrogen-bond donors (Lipinski definition) is 2. The van der Waals surface area contributed by atoms with Crippen molar-refractivity contribution in [2.75, 3.05) is 18.5 Å². The molecule has 0 spiro atoms. The highest BCUT2D eigenvalue weighted by Crippen LogP contribution is 2.35. The predicted molar refractivity (Wildman–Crippen MR) is 168 cm³/mol. The van der Waals surface area contributed by atoms with E-state index in [1.54, 1.807) is 44.4 Å². The molecule has 0 fully saturated rings. The van der Waals surface area contributed by atoms with Gasteiger partial charge in [-0.1, -0.05) is 42.1 Å². The Labute approximate surface area is 267 Å². The Morgan fingerprint density at radius 2 is 1.64 bits per heavy atom. The van der Waals surface area contributed by atoms with Gasteiger partial charge in [0.2, 0.25) is 11.8 Å². The molecule has 2 amide bonds. The topological polar surface area (TPSA) is 142 Å². The lowest BCUT2D eigenvalue weighted by molar-refractivity contribution is -0.120. The van der Waals surface area contributed by atoms with Crippen LogP contribution in [0.15, 0.2) is 59.8 Å². The molecule has 0 saturated carbocycles. The van der Waals surface area contributed by atoms with Crippen LogP contribution in [0.1, 0.15) is 57.8 Å². The van der Waals surface area contributed by atoms with Gasteiger partial charge in [-0.3, -0.25) is 14.2 Å². The summed E-state index contributed by atoms with van der Waals surface area (Å²) in [7, 11) is 0. The number of thiophene rings is 1. The maximum atomic E-state index is 13.8. The Morgan fingerprint density at radius 1 is 0.978 bits per heavy atom. The van der Waals surface area contributed by atoms with E-state index in [-0.39, 0.29) is 47.5 Å². The van der Waals surface area contributed by atoms with Gasteiger partial charge in [-0.25, -0.2) is 14.0 Å². The van der Waals surface area contributed by atoms with Crippen LogP contribution in [0.25, 0.3) is 5.69 Å². The normalized spacial score (nSPS) is 11.5. The lowest BCUT2D eigenvalue weighted by atomic mass is 10.1. The molecule has 11 nitrogen and oxygen atoms in total.